The Morgan fingerprint density at radius 3 is 2.47 bits per heavy atom. The van der Waals surface area contributed by atoms with E-state index < -0.39 is 0 Å². The van der Waals surface area contributed by atoms with Gasteiger partial charge in [0.05, 0.1) is 10.6 Å². The van der Waals surface area contributed by atoms with E-state index >= 15 is 0 Å². The normalized spacial score (nSPS) is 9.68. The van der Waals surface area contributed by atoms with Gasteiger partial charge in [0.25, 0.3) is 0 Å². The molecule has 0 saturated heterocycles. The number of nitriles is 1. The van der Waals surface area contributed by atoms with Crippen LogP contribution in [0.3, 0.4) is 0 Å². The molecule has 19 heavy (non-hydrogen) atoms. The molecule has 0 aliphatic heterocycles. The fraction of sp³-hybridized carbons (Fsp3) is 0. The molecule has 0 atom stereocenters. The Morgan fingerprint density at radius 1 is 1.21 bits per heavy atom. The van der Waals surface area contributed by atoms with Crippen LogP contribution in [0.25, 0.3) is 0 Å². The summed E-state index contributed by atoms with van der Waals surface area (Å²) in [6, 6.07) is 13.6. The Balaban J connectivity index is 2.17. The van der Waals surface area contributed by atoms with Gasteiger partial charge < -0.3 is 10.4 Å². The smallest absolute Gasteiger partial charge is 0.115 e. The highest BCUT2D eigenvalue weighted by Crippen LogP contribution is 2.21. The molecule has 0 aliphatic carbocycles. The van der Waals surface area contributed by atoms with Gasteiger partial charge in [0.2, 0.25) is 0 Å². The highest BCUT2D eigenvalue weighted by atomic mass is 35.5. The van der Waals surface area contributed by atoms with E-state index in [1.54, 1.807) is 42.5 Å². The van der Waals surface area contributed by atoms with Crippen LogP contribution in [-0.2, 0) is 0 Å². The Labute approximate surface area is 121 Å². The highest BCUT2D eigenvalue weighted by molar-refractivity contribution is 7.81. The van der Waals surface area contributed by atoms with Crippen molar-refractivity contribution in [3.63, 3.8) is 0 Å². The Morgan fingerprint density at radius 2 is 1.89 bits per heavy atom. The van der Waals surface area contributed by atoms with Crippen LogP contribution >= 0.6 is 23.8 Å². The number of anilines is 1. The molecule has 0 saturated carbocycles. The molecule has 0 aromatic heterocycles. The first-order valence-electron chi connectivity index (χ1n) is 5.40. The third kappa shape index (κ3) is 3.22. The molecular weight excluding hydrogens is 280 g/mol. The zero-order valence-electron chi connectivity index (χ0n) is 9.72. The van der Waals surface area contributed by atoms with Gasteiger partial charge in [0.15, 0.2) is 0 Å². The van der Waals surface area contributed by atoms with E-state index in [9.17, 15) is 5.11 Å². The summed E-state index contributed by atoms with van der Waals surface area (Å²) in [5, 5.41) is 21.4. The molecule has 0 radical (unpaired) electrons. The van der Waals surface area contributed by atoms with Crippen molar-refractivity contribution in [2.24, 2.45) is 0 Å². The molecule has 0 heterocycles. The summed E-state index contributed by atoms with van der Waals surface area (Å²) in [6.45, 7) is 0. The first-order valence-corrected chi connectivity index (χ1v) is 6.19. The standard InChI is InChI=1S/C14H9ClN2OS/c15-13-7-11(4-1-10(13)8-16)17-14(19)9-2-5-12(18)6-3-9/h1-7,18H,(H,17,19). The van der Waals surface area contributed by atoms with Gasteiger partial charge in [-0.15, -0.1) is 0 Å². The molecule has 0 amide bonds. The van der Waals surface area contributed by atoms with Crippen LogP contribution in [0.2, 0.25) is 5.02 Å². The van der Waals surface area contributed by atoms with Crippen LogP contribution in [0.1, 0.15) is 11.1 Å². The number of rotatable bonds is 2. The number of phenolic OH excluding ortho intramolecular Hbond substituents is 1. The SMILES string of the molecule is N#Cc1ccc(NC(=S)c2ccc(O)cc2)cc1Cl. The minimum Gasteiger partial charge on any atom is -0.508 e. The summed E-state index contributed by atoms with van der Waals surface area (Å²) in [4.78, 5) is 0.515. The third-order valence-electron chi connectivity index (χ3n) is 2.48. The molecule has 5 heteroatoms. The lowest BCUT2D eigenvalue weighted by Crippen LogP contribution is -2.10. The van der Waals surface area contributed by atoms with Gasteiger partial charge in [-0.05, 0) is 42.5 Å². The zero-order chi connectivity index (χ0) is 13.8. The predicted molar refractivity (Wildman–Crippen MR) is 79.6 cm³/mol. The predicted octanol–water partition coefficient (Wildman–Crippen LogP) is 3.70. The lowest BCUT2D eigenvalue weighted by Gasteiger charge is -2.09. The van der Waals surface area contributed by atoms with Gasteiger partial charge in [-0.3, -0.25) is 0 Å². The second-order valence-corrected chi connectivity index (χ2v) is 4.62. The van der Waals surface area contributed by atoms with E-state index in [1.807, 2.05) is 6.07 Å². The molecule has 2 aromatic carbocycles. The van der Waals surface area contributed by atoms with Crippen LogP contribution in [0.15, 0.2) is 42.5 Å². The van der Waals surface area contributed by atoms with Crippen LogP contribution in [-0.4, -0.2) is 10.1 Å². The fourth-order valence-corrected chi connectivity index (χ4v) is 1.98. The number of thiocarbonyl (C=S) groups is 1. The molecule has 0 unspecified atom stereocenters. The maximum Gasteiger partial charge on any atom is 0.115 e. The summed E-state index contributed by atoms with van der Waals surface area (Å²) >= 11 is 11.2. The summed E-state index contributed by atoms with van der Waals surface area (Å²) in [6.07, 6.45) is 0. The van der Waals surface area contributed by atoms with E-state index in [-0.39, 0.29) is 5.75 Å². The average Bonchev–Trinajstić information content (AvgIpc) is 2.39. The number of aromatic hydroxyl groups is 1. The Bertz CT molecular complexity index is 662. The number of hydrogen-bond donors (Lipinski definition) is 2. The van der Waals surface area contributed by atoms with Gasteiger partial charge in [0.1, 0.15) is 16.8 Å². The molecule has 0 fully saturated rings. The summed E-state index contributed by atoms with van der Waals surface area (Å²) in [5.41, 5.74) is 1.91. The van der Waals surface area contributed by atoms with Crippen molar-refractivity contribution in [3.8, 4) is 11.8 Å². The van der Waals surface area contributed by atoms with E-state index in [4.69, 9.17) is 29.1 Å². The van der Waals surface area contributed by atoms with Crippen molar-refractivity contribution in [3.05, 3.63) is 58.6 Å². The van der Waals surface area contributed by atoms with Crippen molar-refractivity contribution in [1.29, 1.82) is 5.26 Å². The van der Waals surface area contributed by atoms with Crippen molar-refractivity contribution in [2.45, 2.75) is 0 Å². The molecule has 94 valence electrons. The van der Waals surface area contributed by atoms with E-state index in [1.165, 1.54) is 0 Å². The first-order chi connectivity index (χ1) is 9.10. The molecule has 2 rings (SSSR count). The monoisotopic (exact) mass is 288 g/mol. The second kappa shape index (κ2) is 5.70. The maximum atomic E-state index is 9.21. The maximum absolute atomic E-state index is 9.21. The molecule has 0 spiro atoms. The van der Waals surface area contributed by atoms with Crippen molar-refractivity contribution < 1.29 is 5.11 Å². The first kappa shape index (κ1) is 13.3. The van der Waals surface area contributed by atoms with Gasteiger partial charge >= 0.3 is 0 Å². The van der Waals surface area contributed by atoms with E-state index in [2.05, 4.69) is 5.32 Å². The number of benzene rings is 2. The van der Waals surface area contributed by atoms with Gasteiger partial charge in [-0.1, -0.05) is 23.8 Å². The molecule has 2 N–H and O–H groups in total. The quantitative estimate of drug-likeness (QED) is 0.827. The zero-order valence-corrected chi connectivity index (χ0v) is 11.3. The number of hydrogen-bond acceptors (Lipinski definition) is 3. The number of phenols is 1. The Hall–Kier alpha value is -2.09. The van der Waals surface area contributed by atoms with E-state index in [0.717, 1.165) is 5.56 Å². The summed E-state index contributed by atoms with van der Waals surface area (Å²) < 4.78 is 0. The minimum absolute atomic E-state index is 0.188. The van der Waals surface area contributed by atoms with E-state index in [0.29, 0.717) is 21.3 Å². The topological polar surface area (TPSA) is 56.0 Å². The summed E-state index contributed by atoms with van der Waals surface area (Å²) in [5.74, 6) is 0.188. The second-order valence-electron chi connectivity index (χ2n) is 3.81. The number of nitrogens with zero attached hydrogens (tertiary/aromatic N) is 1. The fourth-order valence-electron chi connectivity index (χ4n) is 1.50. The molecule has 0 aliphatic rings. The lowest BCUT2D eigenvalue weighted by molar-refractivity contribution is 0.475. The van der Waals surface area contributed by atoms with Gasteiger partial charge in [0, 0.05) is 11.3 Å². The lowest BCUT2D eigenvalue weighted by atomic mass is 10.2. The molecule has 0 bridgehead atoms. The van der Waals surface area contributed by atoms with Gasteiger partial charge in [-0.25, -0.2) is 0 Å². The largest absolute Gasteiger partial charge is 0.508 e. The van der Waals surface area contributed by atoms with Crippen LogP contribution < -0.4 is 5.32 Å². The molecule has 2 aromatic rings. The number of nitrogens with one attached hydrogen (secondary N) is 1. The summed E-state index contributed by atoms with van der Waals surface area (Å²) in [7, 11) is 0. The van der Waals surface area contributed by atoms with Crippen LogP contribution in [0, 0.1) is 11.3 Å². The van der Waals surface area contributed by atoms with Gasteiger partial charge in [-0.2, -0.15) is 5.26 Å². The molecule has 3 nitrogen and oxygen atoms in total. The minimum atomic E-state index is 0.188. The molecular formula is C14H9ClN2OS. The van der Waals surface area contributed by atoms with Crippen molar-refractivity contribution >= 4 is 34.5 Å². The van der Waals surface area contributed by atoms with Crippen LogP contribution in [0.5, 0.6) is 5.75 Å². The average molecular weight is 289 g/mol. The van der Waals surface area contributed by atoms with Crippen molar-refractivity contribution in [1.82, 2.24) is 0 Å². The van der Waals surface area contributed by atoms with Crippen molar-refractivity contribution in [2.75, 3.05) is 5.32 Å². The Kier molecular flexibility index (Phi) is 4.00. The third-order valence-corrected chi connectivity index (χ3v) is 3.13. The highest BCUT2D eigenvalue weighted by Gasteiger charge is 2.04. The number of halogens is 1. The van der Waals surface area contributed by atoms with Crippen LogP contribution in [0.4, 0.5) is 5.69 Å².